The Kier molecular flexibility index (Phi) is 3.64. The van der Waals surface area contributed by atoms with Gasteiger partial charge in [0, 0.05) is 33.1 Å². The fourth-order valence-electron chi connectivity index (χ4n) is 4.80. The van der Waals surface area contributed by atoms with Crippen molar-refractivity contribution in [3.05, 3.63) is 5.69 Å². The number of hydrogen-bond acceptors (Lipinski definition) is 5. The summed E-state index contributed by atoms with van der Waals surface area (Å²) in [6, 6.07) is 0.385. The van der Waals surface area contributed by atoms with Crippen LogP contribution in [0.3, 0.4) is 0 Å². The predicted molar refractivity (Wildman–Crippen MR) is 97.5 cm³/mol. The molecule has 1 aromatic rings. The second-order valence-corrected chi connectivity index (χ2v) is 8.19. The molecule has 1 aromatic heterocycles. The van der Waals surface area contributed by atoms with Crippen molar-refractivity contribution in [3.8, 4) is 0 Å². The number of aliphatic imine (C=N–C) groups is 1. The Balaban J connectivity index is 1.74. The Morgan fingerprint density at radius 2 is 1.96 bits per heavy atom. The quantitative estimate of drug-likeness (QED) is 0.925. The molecular weight excluding hydrogens is 300 g/mol. The van der Waals surface area contributed by atoms with Gasteiger partial charge in [-0.2, -0.15) is 0 Å². The molecule has 2 aliphatic carbocycles. The van der Waals surface area contributed by atoms with E-state index < -0.39 is 0 Å². The maximum absolute atomic E-state index is 6.56. The topological polar surface area (TPSA) is 62.7 Å². The minimum atomic E-state index is -0.202. The molecule has 2 heterocycles. The van der Waals surface area contributed by atoms with Crippen LogP contribution in [0.5, 0.6) is 0 Å². The van der Waals surface area contributed by atoms with E-state index in [0.29, 0.717) is 12.0 Å². The van der Waals surface area contributed by atoms with Crippen molar-refractivity contribution >= 4 is 17.6 Å². The minimum Gasteiger partial charge on any atom is -0.343 e. The first kappa shape index (κ1) is 15.9. The highest BCUT2D eigenvalue weighted by Gasteiger charge is 2.45. The van der Waals surface area contributed by atoms with Gasteiger partial charge in [0.15, 0.2) is 5.82 Å². The van der Waals surface area contributed by atoms with Gasteiger partial charge in [-0.1, -0.05) is 6.42 Å². The third-order valence-electron chi connectivity index (χ3n) is 6.51. The smallest absolute Gasteiger partial charge is 0.207 e. The SMILES string of the molecule is CC(C)N(C)c1nc2c(n1C)N=C(C1CC3CCC1C3)N(C)C2N. The van der Waals surface area contributed by atoms with Crippen LogP contribution >= 0.6 is 0 Å². The van der Waals surface area contributed by atoms with Gasteiger partial charge in [0.2, 0.25) is 5.95 Å². The van der Waals surface area contributed by atoms with Crippen molar-refractivity contribution in [2.75, 3.05) is 19.0 Å². The van der Waals surface area contributed by atoms with Crippen LogP contribution in [-0.2, 0) is 7.05 Å². The van der Waals surface area contributed by atoms with E-state index >= 15 is 0 Å². The van der Waals surface area contributed by atoms with Crippen LogP contribution in [0.1, 0.15) is 51.4 Å². The molecule has 0 saturated heterocycles. The maximum atomic E-state index is 6.56. The van der Waals surface area contributed by atoms with E-state index in [9.17, 15) is 0 Å². The first-order chi connectivity index (χ1) is 11.4. The second kappa shape index (κ2) is 5.48. The van der Waals surface area contributed by atoms with Crippen LogP contribution in [0.2, 0.25) is 0 Å². The van der Waals surface area contributed by atoms with E-state index in [1.165, 1.54) is 31.5 Å². The molecular formula is C18H30N6. The summed E-state index contributed by atoms with van der Waals surface area (Å²) in [4.78, 5) is 14.2. The third kappa shape index (κ3) is 2.19. The number of hydrogen-bond donors (Lipinski definition) is 1. The van der Waals surface area contributed by atoms with Crippen molar-refractivity contribution in [2.45, 2.75) is 51.7 Å². The molecule has 1 aliphatic heterocycles. The van der Waals surface area contributed by atoms with Crippen molar-refractivity contribution in [2.24, 2.45) is 35.5 Å². The van der Waals surface area contributed by atoms with Crippen molar-refractivity contribution in [3.63, 3.8) is 0 Å². The van der Waals surface area contributed by atoms with Gasteiger partial charge in [0.1, 0.15) is 17.7 Å². The monoisotopic (exact) mass is 330 g/mol. The van der Waals surface area contributed by atoms with Crippen LogP contribution in [0.25, 0.3) is 0 Å². The second-order valence-electron chi connectivity index (χ2n) is 8.19. The molecule has 4 atom stereocenters. The number of fused-ring (bicyclic) bond motifs is 3. The van der Waals surface area contributed by atoms with Gasteiger partial charge >= 0.3 is 0 Å². The van der Waals surface area contributed by atoms with Crippen molar-refractivity contribution in [1.82, 2.24) is 14.5 Å². The van der Waals surface area contributed by atoms with Crippen LogP contribution in [0, 0.1) is 17.8 Å². The van der Waals surface area contributed by atoms with E-state index in [2.05, 4.69) is 49.4 Å². The van der Waals surface area contributed by atoms with Crippen LogP contribution in [0.15, 0.2) is 4.99 Å². The van der Waals surface area contributed by atoms with E-state index in [1.807, 2.05) is 0 Å². The standard InChI is InChI=1S/C18H30N6/c1-10(2)22(3)18-20-14-15(19)23(4)16(21-17(14)24(18)5)13-9-11-6-7-12(13)8-11/h10-13,15H,6-9,19H2,1-5H3. The lowest BCUT2D eigenvalue weighted by Gasteiger charge is -2.36. The highest BCUT2D eigenvalue weighted by Crippen LogP contribution is 2.50. The molecule has 2 saturated carbocycles. The van der Waals surface area contributed by atoms with E-state index in [1.54, 1.807) is 0 Å². The summed E-state index contributed by atoms with van der Waals surface area (Å²) in [6.45, 7) is 4.34. The van der Waals surface area contributed by atoms with E-state index in [4.69, 9.17) is 15.7 Å². The number of nitrogens with two attached hydrogens (primary N) is 1. The molecule has 2 N–H and O–H groups in total. The lowest BCUT2D eigenvalue weighted by molar-refractivity contribution is 0.316. The number of nitrogens with zero attached hydrogens (tertiary/aromatic N) is 5. The summed E-state index contributed by atoms with van der Waals surface area (Å²) in [5, 5.41) is 0. The third-order valence-corrected chi connectivity index (χ3v) is 6.51. The summed E-state index contributed by atoms with van der Waals surface area (Å²) >= 11 is 0. The maximum Gasteiger partial charge on any atom is 0.207 e. The van der Waals surface area contributed by atoms with Gasteiger partial charge in [0.05, 0.1) is 0 Å². The molecule has 4 rings (SSSR count). The predicted octanol–water partition coefficient (Wildman–Crippen LogP) is 2.63. The molecule has 0 amide bonds. The summed E-state index contributed by atoms with van der Waals surface area (Å²) in [6.07, 6.45) is 5.23. The summed E-state index contributed by atoms with van der Waals surface area (Å²) in [7, 11) is 6.22. The molecule has 2 fully saturated rings. The number of anilines is 1. The largest absolute Gasteiger partial charge is 0.343 e. The van der Waals surface area contributed by atoms with Crippen molar-refractivity contribution in [1.29, 1.82) is 0 Å². The number of amidine groups is 1. The first-order valence-corrected chi connectivity index (χ1v) is 9.25. The van der Waals surface area contributed by atoms with Gasteiger partial charge < -0.3 is 15.5 Å². The number of aromatic nitrogens is 2. The van der Waals surface area contributed by atoms with Crippen LogP contribution in [-0.4, -0.2) is 40.4 Å². The number of imidazole rings is 1. The molecule has 3 aliphatic rings. The molecule has 0 radical (unpaired) electrons. The zero-order chi connectivity index (χ0) is 17.2. The summed E-state index contributed by atoms with van der Waals surface area (Å²) in [5.41, 5.74) is 7.45. The van der Waals surface area contributed by atoms with Crippen LogP contribution < -0.4 is 10.6 Å². The molecule has 0 aromatic carbocycles. The van der Waals surface area contributed by atoms with E-state index in [0.717, 1.165) is 29.3 Å². The highest BCUT2D eigenvalue weighted by molar-refractivity contribution is 5.89. The van der Waals surface area contributed by atoms with Gasteiger partial charge in [-0.05, 0) is 44.9 Å². The van der Waals surface area contributed by atoms with Gasteiger partial charge in [-0.15, -0.1) is 0 Å². The van der Waals surface area contributed by atoms with Crippen molar-refractivity contribution < 1.29 is 0 Å². The fourth-order valence-corrected chi connectivity index (χ4v) is 4.80. The number of rotatable bonds is 3. The summed E-state index contributed by atoms with van der Waals surface area (Å²) in [5.74, 6) is 5.36. The molecule has 24 heavy (non-hydrogen) atoms. The van der Waals surface area contributed by atoms with Gasteiger partial charge in [-0.25, -0.2) is 9.98 Å². The Morgan fingerprint density at radius 3 is 2.54 bits per heavy atom. The average Bonchev–Trinajstić information content (AvgIpc) is 3.25. The van der Waals surface area contributed by atoms with E-state index in [-0.39, 0.29) is 6.17 Å². The fraction of sp³-hybridized carbons (Fsp3) is 0.778. The Bertz CT molecular complexity index is 675. The lowest BCUT2D eigenvalue weighted by atomic mass is 9.87. The zero-order valence-corrected chi connectivity index (χ0v) is 15.5. The molecule has 0 spiro atoms. The normalized spacial score (nSPS) is 31.6. The Morgan fingerprint density at radius 1 is 1.21 bits per heavy atom. The minimum absolute atomic E-state index is 0.202. The first-order valence-electron chi connectivity index (χ1n) is 9.25. The highest BCUT2D eigenvalue weighted by atomic mass is 15.4. The Hall–Kier alpha value is -1.56. The molecule has 132 valence electrons. The molecule has 2 bridgehead atoms. The van der Waals surface area contributed by atoms with Gasteiger partial charge in [0.25, 0.3) is 0 Å². The van der Waals surface area contributed by atoms with Crippen LogP contribution in [0.4, 0.5) is 11.8 Å². The summed E-state index contributed by atoms with van der Waals surface area (Å²) < 4.78 is 2.11. The average molecular weight is 330 g/mol. The molecule has 6 heteroatoms. The Labute approximate surface area is 144 Å². The zero-order valence-electron chi connectivity index (χ0n) is 15.5. The lowest BCUT2D eigenvalue weighted by Crippen LogP contribution is -2.43. The molecule has 4 unspecified atom stereocenters. The molecule has 6 nitrogen and oxygen atoms in total. The van der Waals surface area contributed by atoms with Gasteiger partial charge in [-0.3, -0.25) is 4.57 Å².